The summed E-state index contributed by atoms with van der Waals surface area (Å²) < 4.78 is 3.83. The molecule has 4 aromatic carbocycles. The van der Waals surface area contributed by atoms with E-state index < -0.39 is 21.3 Å². The molecule has 0 saturated carbocycles. The summed E-state index contributed by atoms with van der Waals surface area (Å²) in [7, 11) is 0. The molecule has 0 aliphatic heterocycles. The molecule has 250 valence electrons. The van der Waals surface area contributed by atoms with Crippen LogP contribution in [0.3, 0.4) is 0 Å². The quantitative estimate of drug-likeness (QED) is 0.227. The minimum absolute atomic E-state index is 0. The Hall–Kier alpha value is -2.31. The van der Waals surface area contributed by atoms with E-state index in [4.69, 9.17) is 0 Å². The topological polar surface area (TPSA) is 0 Å². The maximum Gasteiger partial charge on any atom is -1.00 e. The van der Waals surface area contributed by atoms with Crippen molar-refractivity contribution in [2.75, 3.05) is 0 Å². The maximum absolute atomic E-state index is 2.93. The molecule has 0 spiro atoms. The van der Waals surface area contributed by atoms with Gasteiger partial charge < -0.3 is 24.8 Å². The molecule has 2 aliphatic rings. The van der Waals surface area contributed by atoms with Crippen LogP contribution in [-0.2, 0) is 32.1 Å². The van der Waals surface area contributed by atoms with Gasteiger partial charge in [-0.15, -0.1) is 0 Å². The van der Waals surface area contributed by atoms with Crippen LogP contribution in [0.1, 0.15) is 106 Å². The van der Waals surface area contributed by atoms with Crippen LogP contribution in [0.2, 0.25) is 0 Å². The number of rotatable bonds is 6. The first-order valence-electron chi connectivity index (χ1n) is 17.3. The zero-order valence-corrected chi connectivity index (χ0v) is 34.4. The van der Waals surface area contributed by atoms with E-state index in [0.717, 1.165) is 0 Å². The van der Waals surface area contributed by atoms with E-state index in [1.165, 1.54) is 33.4 Å². The number of hydrogen-bond acceptors (Lipinski definition) is 0. The molecule has 0 nitrogen and oxygen atoms in total. The Morgan fingerprint density at radius 1 is 0.604 bits per heavy atom. The van der Waals surface area contributed by atoms with Crippen molar-refractivity contribution in [1.82, 2.24) is 0 Å². The fourth-order valence-corrected chi connectivity index (χ4v) is 18.4. The number of fused-ring (bicyclic) bond motifs is 3. The van der Waals surface area contributed by atoms with Crippen LogP contribution in [-0.4, -0.2) is 3.21 Å². The molecule has 0 saturated heterocycles. The van der Waals surface area contributed by atoms with Crippen molar-refractivity contribution in [2.24, 2.45) is 17.8 Å². The molecule has 1 unspecified atom stereocenters. The average Bonchev–Trinajstić information content (AvgIpc) is 3.59. The van der Waals surface area contributed by atoms with E-state index in [2.05, 4.69) is 178 Å². The van der Waals surface area contributed by atoms with Crippen molar-refractivity contribution in [3.8, 4) is 11.1 Å². The van der Waals surface area contributed by atoms with Crippen LogP contribution in [0.15, 0.2) is 118 Å². The third-order valence-electron chi connectivity index (χ3n) is 10.2. The third kappa shape index (κ3) is 7.27. The summed E-state index contributed by atoms with van der Waals surface area (Å²) in [5.41, 5.74) is 13.5. The summed E-state index contributed by atoms with van der Waals surface area (Å²) in [6.07, 6.45) is 5.09. The van der Waals surface area contributed by atoms with Crippen molar-refractivity contribution in [3.05, 3.63) is 151 Å². The Bertz CT molecular complexity index is 1740. The summed E-state index contributed by atoms with van der Waals surface area (Å²) in [4.78, 5) is 0. The predicted molar refractivity (Wildman–Crippen MR) is 197 cm³/mol. The third-order valence-corrected chi connectivity index (χ3v) is 18.8. The van der Waals surface area contributed by atoms with Gasteiger partial charge in [0.25, 0.3) is 0 Å². The van der Waals surface area contributed by atoms with Crippen LogP contribution < -0.4 is 24.8 Å². The van der Waals surface area contributed by atoms with E-state index in [-0.39, 0.29) is 35.6 Å². The molecule has 0 amide bonds. The normalized spacial score (nSPS) is 15.5. The minimum Gasteiger partial charge on any atom is -1.00 e. The number of halogens is 2. The minimum atomic E-state index is -2.93. The zero-order valence-electron chi connectivity index (χ0n) is 30.5. The number of hydrogen-bond donors (Lipinski definition) is 0. The van der Waals surface area contributed by atoms with E-state index >= 15 is 0 Å². The second-order valence-corrected chi connectivity index (χ2v) is 22.2. The van der Waals surface area contributed by atoms with Gasteiger partial charge in [0.05, 0.1) is 0 Å². The first kappa shape index (κ1) is 38.5. The second kappa shape index (κ2) is 14.9. The van der Waals surface area contributed by atoms with E-state index in [1.807, 2.05) is 0 Å². The van der Waals surface area contributed by atoms with Crippen molar-refractivity contribution >= 4 is 3.21 Å². The van der Waals surface area contributed by atoms with Gasteiger partial charge in [-0.05, 0) is 0 Å². The van der Waals surface area contributed by atoms with Gasteiger partial charge in [0.2, 0.25) is 0 Å². The molecule has 4 aromatic rings. The van der Waals surface area contributed by atoms with Gasteiger partial charge in [-0.2, -0.15) is 0 Å². The molecule has 48 heavy (non-hydrogen) atoms. The van der Waals surface area contributed by atoms with Crippen LogP contribution in [0.4, 0.5) is 0 Å². The molecule has 3 heteroatoms. The summed E-state index contributed by atoms with van der Waals surface area (Å²) in [5, 5.41) is 0. The number of benzene rings is 4. The Morgan fingerprint density at radius 3 is 1.42 bits per heavy atom. The number of allylic oxidation sites excluding steroid dienone is 4. The Balaban J connectivity index is 0.00000260. The maximum atomic E-state index is 2.62. The van der Waals surface area contributed by atoms with Crippen molar-refractivity contribution < 1.29 is 46.1 Å². The first-order chi connectivity index (χ1) is 21.8. The molecule has 0 fully saturated rings. The van der Waals surface area contributed by atoms with Crippen LogP contribution in [0.25, 0.3) is 11.1 Å². The molecule has 2 aliphatic carbocycles. The molecule has 0 aromatic heterocycles. The molecular weight excluding hydrogens is 703 g/mol. The monoisotopic (exact) mass is 752 g/mol. The van der Waals surface area contributed by atoms with Gasteiger partial charge in [0, 0.05) is 0 Å². The second-order valence-electron chi connectivity index (χ2n) is 16.2. The standard InChI is InChI=1S/C21H25.C13H10.C11H17.2ClH.Zr/c1-20(2,3)16-7-9-18-14(12-16)11-15-13-17(21(4,5)6)8-10-19(15)18;1-3-7-12(8-4-1)11-13-9-5-2-6-10-13;1-8(2)10-5-6-11(7-10)9(3)4;;;/h7-13H,1-6H3;1-10H;5-6,8-10H,1-4H3;2*1H;/q;;;;;+2/p-2. The van der Waals surface area contributed by atoms with Gasteiger partial charge >= 0.3 is 288 Å². The Kier molecular flexibility index (Phi) is 11.9. The molecule has 0 N–H and O–H groups in total. The van der Waals surface area contributed by atoms with Crippen LogP contribution in [0.5, 0.6) is 0 Å². The molecule has 1 atom stereocenters. The molecular formula is C45H52Cl2Zr. The molecule has 6 rings (SSSR count). The molecule has 0 radical (unpaired) electrons. The fraction of sp³-hybridized carbons (Fsp3) is 0.356. The SMILES string of the molecule is CC(C)C1=[C]([Zr+2](=[C](c2ccccc2)c2ccccc2)[CH]2c3cc(C(C)(C)C)ccc3-c3ccc(C(C)(C)C)cc32)C(C(C)C)C=C1.[Cl-].[Cl-]. The molecule has 0 bridgehead atoms. The largest absolute Gasteiger partial charge is 1.00 e. The van der Waals surface area contributed by atoms with Crippen molar-refractivity contribution in [2.45, 2.75) is 83.7 Å². The van der Waals surface area contributed by atoms with E-state index in [0.29, 0.717) is 21.4 Å². The summed E-state index contributed by atoms with van der Waals surface area (Å²) in [6.45, 7) is 23.9. The zero-order chi connectivity index (χ0) is 33.0. The van der Waals surface area contributed by atoms with Gasteiger partial charge in [-0.3, -0.25) is 0 Å². The fourth-order valence-electron chi connectivity index (χ4n) is 7.61. The van der Waals surface area contributed by atoms with E-state index in [9.17, 15) is 0 Å². The van der Waals surface area contributed by atoms with Gasteiger partial charge in [0.1, 0.15) is 0 Å². The molecule has 0 heterocycles. The first-order valence-corrected chi connectivity index (χ1v) is 21.2. The van der Waals surface area contributed by atoms with Gasteiger partial charge in [-0.25, -0.2) is 0 Å². The predicted octanol–water partition coefficient (Wildman–Crippen LogP) is 6.00. The summed E-state index contributed by atoms with van der Waals surface area (Å²) in [5.74, 6) is 1.51. The van der Waals surface area contributed by atoms with Gasteiger partial charge in [-0.1, -0.05) is 0 Å². The van der Waals surface area contributed by atoms with Crippen molar-refractivity contribution in [3.63, 3.8) is 0 Å². The van der Waals surface area contributed by atoms with E-state index in [1.54, 1.807) is 23.2 Å². The summed E-state index contributed by atoms with van der Waals surface area (Å²) in [6, 6.07) is 37.8. The average molecular weight is 755 g/mol. The van der Waals surface area contributed by atoms with Gasteiger partial charge in [0.15, 0.2) is 0 Å². The Morgan fingerprint density at radius 2 is 1.04 bits per heavy atom. The van der Waals surface area contributed by atoms with Crippen molar-refractivity contribution in [1.29, 1.82) is 0 Å². The summed E-state index contributed by atoms with van der Waals surface area (Å²) >= 11 is -2.93. The van der Waals surface area contributed by atoms with Crippen LogP contribution >= 0.6 is 0 Å². The van der Waals surface area contributed by atoms with Crippen LogP contribution in [0, 0.1) is 17.8 Å². The smallest absolute Gasteiger partial charge is 1.00 e. The Labute approximate surface area is 311 Å².